The first-order chi connectivity index (χ1) is 16.4. The number of nitrogens with one attached hydrogen (secondary N) is 1. The number of aryl methyl sites for hydroxylation is 1. The molecule has 0 atom stereocenters. The van der Waals surface area contributed by atoms with Gasteiger partial charge in [0, 0.05) is 15.7 Å². The lowest BCUT2D eigenvalue weighted by atomic mass is 10.1. The molecule has 0 aliphatic heterocycles. The molecule has 5 nitrogen and oxygen atoms in total. The number of amides is 1. The van der Waals surface area contributed by atoms with Crippen molar-refractivity contribution in [2.75, 3.05) is 11.9 Å². The van der Waals surface area contributed by atoms with Crippen LogP contribution in [0.5, 0.6) is 11.5 Å². The van der Waals surface area contributed by atoms with Crippen LogP contribution < -0.4 is 14.8 Å². The van der Waals surface area contributed by atoms with Gasteiger partial charge in [-0.25, -0.2) is 0 Å². The quantitative estimate of drug-likeness (QED) is 0.212. The third-order valence-corrected chi connectivity index (χ3v) is 6.32. The normalized spacial score (nSPS) is 11.0. The fourth-order valence-electron chi connectivity index (χ4n) is 3.18. The second-order valence-corrected chi connectivity index (χ2v) is 9.03. The van der Waals surface area contributed by atoms with E-state index in [4.69, 9.17) is 9.47 Å². The first-order valence-corrected chi connectivity index (χ1v) is 12.4. The van der Waals surface area contributed by atoms with Crippen LogP contribution in [-0.2, 0) is 17.8 Å². The van der Waals surface area contributed by atoms with Gasteiger partial charge in [-0.15, -0.1) is 0 Å². The number of halogens is 2. The van der Waals surface area contributed by atoms with Gasteiger partial charge in [-0.1, -0.05) is 53.2 Å². The van der Waals surface area contributed by atoms with Crippen LogP contribution in [0.4, 0.5) is 5.69 Å². The number of rotatable bonds is 9. The van der Waals surface area contributed by atoms with Gasteiger partial charge in [0.2, 0.25) is 0 Å². The Bertz CT molecular complexity index is 1230. The minimum Gasteiger partial charge on any atom is -0.490 e. The number of hydrogen-bond donors (Lipinski definition) is 1. The monoisotopic (exact) mass is 582 g/mol. The lowest BCUT2D eigenvalue weighted by Gasteiger charge is -2.15. The van der Waals surface area contributed by atoms with E-state index in [1.807, 2.05) is 61.5 Å². The first-order valence-electron chi connectivity index (χ1n) is 10.8. The maximum atomic E-state index is 12.7. The van der Waals surface area contributed by atoms with E-state index in [0.717, 1.165) is 16.5 Å². The molecule has 0 saturated heterocycles. The average molecular weight is 584 g/mol. The zero-order chi connectivity index (χ0) is 24.5. The third kappa shape index (κ3) is 6.72. The van der Waals surface area contributed by atoms with Crippen molar-refractivity contribution < 1.29 is 14.3 Å². The highest BCUT2D eigenvalue weighted by Gasteiger charge is 2.15. The molecule has 174 valence electrons. The first kappa shape index (κ1) is 25.5. The van der Waals surface area contributed by atoms with E-state index in [0.29, 0.717) is 40.4 Å². The number of nitriles is 1. The van der Waals surface area contributed by atoms with Crippen LogP contribution in [0.1, 0.15) is 30.5 Å². The highest BCUT2D eigenvalue weighted by atomic mass is 79.9. The summed E-state index contributed by atoms with van der Waals surface area (Å²) in [6.07, 6.45) is 2.44. The number of benzene rings is 3. The largest absolute Gasteiger partial charge is 0.490 e. The van der Waals surface area contributed by atoms with Gasteiger partial charge in [0.15, 0.2) is 11.5 Å². The van der Waals surface area contributed by atoms with Crippen molar-refractivity contribution in [3.05, 3.63) is 91.9 Å². The standard InChI is InChI=1S/C27H24Br2N2O3/c1-3-18-9-11-22(12-10-18)31-27(32)21(16-30)13-19-14-24(29)26(25(15-19)33-4-2)34-17-20-7-5-6-8-23(20)28/h5-15H,3-4,17H2,1-2H3,(H,31,32)/b21-13+. The lowest BCUT2D eigenvalue weighted by molar-refractivity contribution is -0.112. The molecule has 3 aromatic rings. The maximum Gasteiger partial charge on any atom is 0.266 e. The molecule has 0 spiro atoms. The van der Waals surface area contributed by atoms with Crippen LogP contribution in [0.15, 0.2) is 75.2 Å². The Morgan fingerprint density at radius 1 is 1.03 bits per heavy atom. The zero-order valence-electron chi connectivity index (χ0n) is 18.9. The summed E-state index contributed by atoms with van der Waals surface area (Å²) in [5.41, 5.74) is 3.42. The Balaban J connectivity index is 1.83. The van der Waals surface area contributed by atoms with E-state index >= 15 is 0 Å². The molecule has 0 fully saturated rings. The number of carbonyl (C=O) groups is 1. The predicted molar refractivity (Wildman–Crippen MR) is 142 cm³/mol. The van der Waals surface area contributed by atoms with E-state index in [1.165, 1.54) is 11.6 Å². The summed E-state index contributed by atoms with van der Waals surface area (Å²) >= 11 is 7.08. The molecule has 3 aromatic carbocycles. The molecule has 1 N–H and O–H groups in total. The van der Waals surface area contributed by atoms with Crippen molar-refractivity contribution in [3.63, 3.8) is 0 Å². The molecular weight excluding hydrogens is 560 g/mol. The number of hydrogen-bond acceptors (Lipinski definition) is 4. The van der Waals surface area contributed by atoms with Gasteiger partial charge in [-0.3, -0.25) is 4.79 Å². The Hall–Kier alpha value is -3.08. The van der Waals surface area contributed by atoms with Gasteiger partial charge >= 0.3 is 0 Å². The Morgan fingerprint density at radius 2 is 1.76 bits per heavy atom. The molecule has 0 heterocycles. The molecule has 0 aromatic heterocycles. The molecule has 0 aliphatic rings. The lowest BCUT2D eigenvalue weighted by Crippen LogP contribution is -2.13. The van der Waals surface area contributed by atoms with Crippen LogP contribution in [0.3, 0.4) is 0 Å². The van der Waals surface area contributed by atoms with Gasteiger partial charge in [-0.2, -0.15) is 5.26 Å². The highest BCUT2D eigenvalue weighted by molar-refractivity contribution is 9.10. The van der Waals surface area contributed by atoms with Crippen molar-refractivity contribution in [1.82, 2.24) is 0 Å². The molecule has 0 aliphatic carbocycles. The van der Waals surface area contributed by atoms with Crippen LogP contribution in [0.25, 0.3) is 6.08 Å². The van der Waals surface area contributed by atoms with E-state index in [1.54, 1.807) is 12.1 Å². The number of carbonyl (C=O) groups excluding carboxylic acids is 1. The smallest absolute Gasteiger partial charge is 0.266 e. The molecular formula is C27H24Br2N2O3. The third-order valence-electron chi connectivity index (χ3n) is 4.96. The SMILES string of the molecule is CCOc1cc(/C=C(\C#N)C(=O)Nc2ccc(CC)cc2)cc(Br)c1OCc1ccccc1Br. The molecule has 34 heavy (non-hydrogen) atoms. The van der Waals surface area contributed by atoms with Crippen molar-refractivity contribution >= 4 is 49.5 Å². The number of nitrogens with zero attached hydrogens (tertiary/aromatic N) is 1. The van der Waals surface area contributed by atoms with Gasteiger partial charge in [0.1, 0.15) is 18.2 Å². The second-order valence-electron chi connectivity index (χ2n) is 7.32. The van der Waals surface area contributed by atoms with Crippen molar-refractivity contribution in [3.8, 4) is 17.6 Å². The molecule has 0 bridgehead atoms. The second kappa shape index (κ2) is 12.4. The number of anilines is 1. The predicted octanol–water partition coefficient (Wildman–Crippen LogP) is 7.30. The summed E-state index contributed by atoms with van der Waals surface area (Å²) in [6, 6.07) is 20.9. The van der Waals surface area contributed by atoms with Crippen LogP contribution in [0.2, 0.25) is 0 Å². The van der Waals surface area contributed by atoms with Gasteiger partial charge < -0.3 is 14.8 Å². The average Bonchev–Trinajstić information content (AvgIpc) is 2.83. The van der Waals surface area contributed by atoms with Crippen molar-refractivity contribution in [2.24, 2.45) is 0 Å². The van der Waals surface area contributed by atoms with Crippen LogP contribution >= 0.6 is 31.9 Å². The Morgan fingerprint density at radius 3 is 2.41 bits per heavy atom. The molecule has 0 saturated carbocycles. The summed E-state index contributed by atoms with van der Waals surface area (Å²) in [5.74, 6) is 0.590. The molecule has 3 rings (SSSR count). The molecule has 1 amide bonds. The minimum atomic E-state index is -0.477. The fraction of sp³-hybridized carbons (Fsp3) is 0.185. The summed E-state index contributed by atoms with van der Waals surface area (Å²) < 4.78 is 13.5. The summed E-state index contributed by atoms with van der Waals surface area (Å²) in [4.78, 5) is 12.7. The van der Waals surface area contributed by atoms with Gasteiger partial charge in [-0.05, 0) is 76.8 Å². The van der Waals surface area contributed by atoms with Crippen LogP contribution in [0, 0.1) is 11.3 Å². The fourth-order valence-corrected chi connectivity index (χ4v) is 4.15. The minimum absolute atomic E-state index is 0.0178. The molecule has 0 unspecified atom stereocenters. The van der Waals surface area contributed by atoms with E-state index < -0.39 is 5.91 Å². The highest BCUT2D eigenvalue weighted by Crippen LogP contribution is 2.38. The Kier molecular flexibility index (Phi) is 9.32. The van der Waals surface area contributed by atoms with Gasteiger partial charge in [0.25, 0.3) is 5.91 Å². The summed E-state index contributed by atoms with van der Waals surface area (Å²) in [5, 5.41) is 12.4. The van der Waals surface area contributed by atoms with Crippen molar-refractivity contribution in [1.29, 1.82) is 5.26 Å². The molecule has 7 heteroatoms. The van der Waals surface area contributed by atoms with Crippen molar-refractivity contribution in [2.45, 2.75) is 26.9 Å². The Labute approximate surface area is 216 Å². The van der Waals surface area contributed by atoms with Crippen LogP contribution in [-0.4, -0.2) is 12.5 Å². The molecule has 0 radical (unpaired) electrons. The van der Waals surface area contributed by atoms with E-state index in [2.05, 4.69) is 44.1 Å². The maximum absolute atomic E-state index is 12.7. The number of ether oxygens (including phenoxy) is 2. The topological polar surface area (TPSA) is 71.3 Å². The summed E-state index contributed by atoms with van der Waals surface area (Å²) in [7, 11) is 0. The zero-order valence-corrected chi connectivity index (χ0v) is 22.1. The van der Waals surface area contributed by atoms with Gasteiger partial charge in [0.05, 0.1) is 11.1 Å². The van der Waals surface area contributed by atoms with E-state index in [9.17, 15) is 10.1 Å². The summed E-state index contributed by atoms with van der Waals surface area (Å²) in [6.45, 7) is 4.73. The van der Waals surface area contributed by atoms with E-state index in [-0.39, 0.29) is 5.57 Å².